The van der Waals surface area contributed by atoms with Gasteiger partial charge in [-0.2, -0.15) is 8.78 Å². The van der Waals surface area contributed by atoms with Crippen molar-refractivity contribution in [2.24, 2.45) is 0 Å². The molecule has 1 heterocycles. The molecule has 0 saturated carbocycles. The highest BCUT2D eigenvalue weighted by Gasteiger charge is 2.45. The molecule has 27 heavy (non-hydrogen) atoms. The first-order chi connectivity index (χ1) is 12.5. The molecule has 0 spiro atoms. The lowest BCUT2D eigenvalue weighted by Crippen LogP contribution is -2.57. The number of nitrogens with one attached hydrogen (secondary N) is 1. The standard InChI is InChI=1S/C18H23F3N2O4/c1-17(2,3)27-16(25)23-10-9-14(13(19)11-23)22-15(24)18(20,21)26-12-7-5-4-6-8-12/h4-8,13-14H,9-11H2,1-3H3,(H,22,24)/t13-,14-/m0/s1. The molecule has 1 aliphatic heterocycles. The van der Waals surface area contributed by atoms with Crippen LogP contribution in [0.1, 0.15) is 27.2 Å². The van der Waals surface area contributed by atoms with Crippen LogP contribution in [0.25, 0.3) is 0 Å². The zero-order valence-electron chi connectivity index (χ0n) is 15.4. The van der Waals surface area contributed by atoms with Crippen molar-refractivity contribution in [1.82, 2.24) is 10.2 Å². The molecule has 9 heteroatoms. The summed E-state index contributed by atoms with van der Waals surface area (Å²) < 4.78 is 51.7. The summed E-state index contributed by atoms with van der Waals surface area (Å²) in [6.07, 6.45) is -6.56. The Hall–Kier alpha value is -2.45. The van der Waals surface area contributed by atoms with Crippen LogP contribution in [0, 0.1) is 0 Å². The number of carbonyl (C=O) groups is 2. The molecule has 0 bridgehead atoms. The summed E-state index contributed by atoms with van der Waals surface area (Å²) in [4.78, 5) is 24.9. The number of benzene rings is 1. The Morgan fingerprint density at radius 2 is 1.81 bits per heavy atom. The number of ether oxygens (including phenoxy) is 2. The molecule has 1 aromatic carbocycles. The Labute approximate surface area is 155 Å². The van der Waals surface area contributed by atoms with Gasteiger partial charge in [0.05, 0.1) is 12.6 Å². The summed E-state index contributed by atoms with van der Waals surface area (Å²) in [6, 6.07) is 5.97. The fourth-order valence-corrected chi connectivity index (χ4v) is 2.50. The molecule has 150 valence electrons. The smallest absolute Gasteiger partial charge is 0.444 e. The first-order valence-electron chi connectivity index (χ1n) is 8.53. The van der Waals surface area contributed by atoms with Gasteiger partial charge in [0, 0.05) is 6.54 Å². The van der Waals surface area contributed by atoms with E-state index in [0.717, 1.165) is 4.90 Å². The third-order valence-corrected chi connectivity index (χ3v) is 3.76. The lowest BCUT2D eigenvalue weighted by Gasteiger charge is -2.36. The maximum absolute atomic E-state index is 14.3. The van der Waals surface area contributed by atoms with Gasteiger partial charge in [0.15, 0.2) is 0 Å². The molecule has 1 saturated heterocycles. The third kappa shape index (κ3) is 6.04. The minimum absolute atomic E-state index is 0.0203. The van der Waals surface area contributed by atoms with E-state index in [2.05, 4.69) is 4.74 Å². The van der Waals surface area contributed by atoms with E-state index in [1.165, 1.54) is 24.3 Å². The van der Waals surface area contributed by atoms with Gasteiger partial charge >= 0.3 is 18.1 Å². The van der Waals surface area contributed by atoms with Gasteiger partial charge in [0.1, 0.15) is 17.5 Å². The second-order valence-electron chi connectivity index (χ2n) is 7.24. The van der Waals surface area contributed by atoms with Gasteiger partial charge < -0.3 is 19.7 Å². The number of halogens is 3. The molecule has 0 unspecified atom stereocenters. The molecule has 2 atom stereocenters. The largest absolute Gasteiger partial charge is 0.482 e. The van der Waals surface area contributed by atoms with E-state index >= 15 is 0 Å². The lowest BCUT2D eigenvalue weighted by molar-refractivity contribution is -0.194. The molecular weight excluding hydrogens is 365 g/mol. The van der Waals surface area contributed by atoms with E-state index in [9.17, 15) is 22.8 Å². The average Bonchev–Trinajstić information content (AvgIpc) is 2.55. The molecule has 0 aromatic heterocycles. The molecule has 2 amide bonds. The lowest BCUT2D eigenvalue weighted by atomic mass is 10.0. The fourth-order valence-electron chi connectivity index (χ4n) is 2.50. The maximum Gasteiger partial charge on any atom is 0.482 e. The van der Waals surface area contributed by atoms with E-state index < -0.39 is 35.9 Å². The minimum atomic E-state index is -4.15. The van der Waals surface area contributed by atoms with Gasteiger partial charge in [-0.1, -0.05) is 18.2 Å². The Morgan fingerprint density at radius 1 is 1.19 bits per heavy atom. The molecule has 0 aliphatic carbocycles. The predicted octanol–water partition coefficient (Wildman–Crippen LogP) is 3.12. The minimum Gasteiger partial charge on any atom is -0.444 e. The Bertz CT molecular complexity index is 664. The quantitative estimate of drug-likeness (QED) is 0.861. The maximum atomic E-state index is 14.3. The van der Waals surface area contributed by atoms with Crippen molar-refractivity contribution in [2.75, 3.05) is 13.1 Å². The zero-order valence-corrected chi connectivity index (χ0v) is 15.4. The number of likely N-dealkylation sites (tertiary alicyclic amines) is 1. The van der Waals surface area contributed by atoms with Crippen LogP contribution >= 0.6 is 0 Å². The number of alkyl halides is 3. The van der Waals surface area contributed by atoms with Crippen molar-refractivity contribution in [3.63, 3.8) is 0 Å². The van der Waals surface area contributed by atoms with Crippen molar-refractivity contribution in [3.8, 4) is 5.75 Å². The van der Waals surface area contributed by atoms with E-state index in [0.29, 0.717) is 0 Å². The molecule has 1 aliphatic rings. The number of amides is 2. The van der Waals surface area contributed by atoms with Crippen molar-refractivity contribution >= 4 is 12.0 Å². The highest BCUT2D eigenvalue weighted by molar-refractivity contribution is 5.82. The van der Waals surface area contributed by atoms with Gasteiger partial charge in [0.25, 0.3) is 0 Å². The van der Waals surface area contributed by atoms with Crippen molar-refractivity contribution < 1.29 is 32.2 Å². The topological polar surface area (TPSA) is 67.9 Å². The summed E-state index contributed by atoms with van der Waals surface area (Å²) in [7, 11) is 0. The summed E-state index contributed by atoms with van der Waals surface area (Å²) in [5.74, 6) is -1.92. The van der Waals surface area contributed by atoms with Crippen LogP contribution in [-0.4, -0.2) is 53.9 Å². The highest BCUT2D eigenvalue weighted by atomic mass is 19.3. The van der Waals surface area contributed by atoms with Gasteiger partial charge in [0.2, 0.25) is 0 Å². The van der Waals surface area contributed by atoms with Crippen LogP contribution in [0.5, 0.6) is 5.75 Å². The van der Waals surface area contributed by atoms with Crippen molar-refractivity contribution in [3.05, 3.63) is 30.3 Å². The first kappa shape index (κ1) is 20.9. The molecule has 2 rings (SSSR count). The van der Waals surface area contributed by atoms with Gasteiger partial charge in [-0.15, -0.1) is 0 Å². The average molecular weight is 388 g/mol. The zero-order chi connectivity index (χ0) is 20.2. The van der Waals surface area contributed by atoms with Crippen LogP contribution in [0.15, 0.2) is 30.3 Å². The molecule has 1 aromatic rings. The van der Waals surface area contributed by atoms with Crippen LogP contribution in [0.3, 0.4) is 0 Å². The molecule has 1 N–H and O–H groups in total. The Kier molecular flexibility index (Phi) is 6.22. The first-order valence-corrected chi connectivity index (χ1v) is 8.53. The number of hydrogen-bond donors (Lipinski definition) is 1. The number of nitrogens with zero attached hydrogens (tertiary/aromatic N) is 1. The fraction of sp³-hybridized carbons (Fsp3) is 0.556. The molecule has 6 nitrogen and oxygen atoms in total. The van der Waals surface area contributed by atoms with E-state index in [1.807, 2.05) is 5.32 Å². The van der Waals surface area contributed by atoms with Crippen molar-refractivity contribution in [1.29, 1.82) is 0 Å². The number of hydrogen-bond acceptors (Lipinski definition) is 4. The summed E-state index contributed by atoms with van der Waals surface area (Å²) in [5, 5.41) is 1.97. The number of para-hydroxylation sites is 1. The number of carbonyl (C=O) groups excluding carboxylic acids is 2. The highest BCUT2D eigenvalue weighted by Crippen LogP contribution is 2.23. The SMILES string of the molecule is CC(C)(C)OC(=O)N1CC[C@H](NC(=O)C(F)(F)Oc2ccccc2)[C@@H](F)C1. The third-order valence-electron chi connectivity index (χ3n) is 3.76. The van der Waals surface area contributed by atoms with Crippen LogP contribution in [0.4, 0.5) is 18.0 Å². The van der Waals surface area contributed by atoms with Crippen molar-refractivity contribution in [2.45, 2.75) is 51.1 Å². The predicted molar refractivity (Wildman–Crippen MR) is 91.3 cm³/mol. The second kappa shape index (κ2) is 8.06. The second-order valence-corrected chi connectivity index (χ2v) is 7.24. The van der Waals surface area contributed by atoms with Gasteiger partial charge in [-0.3, -0.25) is 4.79 Å². The van der Waals surface area contributed by atoms with Gasteiger partial charge in [-0.25, -0.2) is 9.18 Å². The van der Waals surface area contributed by atoms with E-state index in [4.69, 9.17) is 4.74 Å². The summed E-state index contributed by atoms with van der Waals surface area (Å²) in [6.45, 7) is 4.76. The summed E-state index contributed by atoms with van der Waals surface area (Å²) >= 11 is 0. The normalized spacial score (nSPS) is 20.7. The number of piperidine rings is 1. The van der Waals surface area contributed by atoms with E-state index in [-0.39, 0.29) is 25.3 Å². The molecule has 1 fully saturated rings. The summed E-state index contributed by atoms with van der Waals surface area (Å²) in [5.41, 5.74) is -0.731. The monoisotopic (exact) mass is 388 g/mol. The Morgan fingerprint density at radius 3 is 2.37 bits per heavy atom. The van der Waals surface area contributed by atoms with Gasteiger partial charge in [-0.05, 0) is 39.3 Å². The van der Waals surface area contributed by atoms with Crippen LogP contribution in [-0.2, 0) is 9.53 Å². The van der Waals surface area contributed by atoms with Crippen LogP contribution < -0.4 is 10.1 Å². The Balaban J connectivity index is 1.90. The van der Waals surface area contributed by atoms with Crippen LogP contribution in [0.2, 0.25) is 0 Å². The molecular formula is C18H23F3N2O4. The molecule has 0 radical (unpaired) electrons. The van der Waals surface area contributed by atoms with E-state index in [1.54, 1.807) is 26.8 Å². The number of rotatable bonds is 4.